The molecule has 2 heterocycles. The van der Waals surface area contributed by atoms with Crippen LogP contribution in [-0.4, -0.2) is 13.2 Å². The number of benzene rings is 1. The Morgan fingerprint density at radius 3 is 2.90 bits per heavy atom. The van der Waals surface area contributed by atoms with Crippen molar-refractivity contribution in [2.45, 2.75) is 32.7 Å². The van der Waals surface area contributed by atoms with Gasteiger partial charge in [0.1, 0.15) is 11.5 Å². The maximum Gasteiger partial charge on any atom is 0.127 e. The van der Waals surface area contributed by atoms with E-state index in [9.17, 15) is 0 Å². The molecule has 0 saturated heterocycles. The molecule has 1 aromatic carbocycles. The van der Waals surface area contributed by atoms with E-state index in [1.807, 2.05) is 0 Å². The molecule has 1 unspecified atom stereocenters. The van der Waals surface area contributed by atoms with Gasteiger partial charge in [-0.2, -0.15) is 0 Å². The van der Waals surface area contributed by atoms with Crippen LogP contribution in [-0.2, 0) is 12.8 Å². The van der Waals surface area contributed by atoms with Gasteiger partial charge in [-0.3, -0.25) is 0 Å². The monoisotopic (exact) mass is 271 g/mol. The Labute approximate surface area is 119 Å². The molecule has 3 heteroatoms. The summed E-state index contributed by atoms with van der Waals surface area (Å²) in [5.74, 6) is 2.10. The van der Waals surface area contributed by atoms with E-state index in [2.05, 4.69) is 43.4 Å². The summed E-state index contributed by atoms with van der Waals surface area (Å²) in [7, 11) is 0. The summed E-state index contributed by atoms with van der Waals surface area (Å²) in [5.41, 5.74) is 3.75. The highest BCUT2D eigenvalue weighted by molar-refractivity contribution is 5.49. The molecule has 1 N–H and O–H groups in total. The summed E-state index contributed by atoms with van der Waals surface area (Å²) in [5, 5.41) is 3.57. The molecule has 3 nitrogen and oxygen atoms in total. The van der Waals surface area contributed by atoms with Crippen LogP contribution in [0, 0.1) is 0 Å². The van der Waals surface area contributed by atoms with Crippen molar-refractivity contribution in [3.8, 4) is 5.75 Å². The normalized spacial score (nSPS) is 14.9. The zero-order valence-electron chi connectivity index (χ0n) is 12.1. The molecule has 1 aromatic heterocycles. The van der Waals surface area contributed by atoms with Crippen molar-refractivity contribution < 1.29 is 9.15 Å². The minimum absolute atomic E-state index is 0.141. The quantitative estimate of drug-likeness (QED) is 0.904. The number of nitrogens with one attached hydrogen (secondary N) is 1. The zero-order valence-corrected chi connectivity index (χ0v) is 12.1. The van der Waals surface area contributed by atoms with Crippen LogP contribution < -0.4 is 10.1 Å². The Hall–Kier alpha value is -1.74. The van der Waals surface area contributed by atoms with Gasteiger partial charge in [-0.25, -0.2) is 0 Å². The van der Waals surface area contributed by atoms with Gasteiger partial charge in [-0.1, -0.05) is 32.0 Å². The third-order valence-electron chi connectivity index (χ3n) is 3.88. The highest BCUT2D eigenvalue weighted by Crippen LogP contribution is 2.37. The van der Waals surface area contributed by atoms with Crippen LogP contribution >= 0.6 is 0 Å². The van der Waals surface area contributed by atoms with Crippen molar-refractivity contribution >= 4 is 0 Å². The molecular weight excluding hydrogens is 250 g/mol. The molecule has 3 rings (SSSR count). The lowest BCUT2D eigenvalue weighted by atomic mass is 9.95. The van der Waals surface area contributed by atoms with Crippen molar-refractivity contribution in [3.05, 3.63) is 53.0 Å². The second kappa shape index (κ2) is 5.71. The van der Waals surface area contributed by atoms with Crippen LogP contribution in [0.4, 0.5) is 0 Å². The fourth-order valence-electron chi connectivity index (χ4n) is 2.95. The largest absolute Gasteiger partial charge is 0.493 e. The number of ether oxygens (including phenoxy) is 1. The van der Waals surface area contributed by atoms with E-state index in [0.717, 1.165) is 37.5 Å². The van der Waals surface area contributed by atoms with Gasteiger partial charge in [0.05, 0.1) is 18.9 Å². The Bertz CT molecular complexity index is 588. The highest BCUT2D eigenvalue weighted by Gasteiger charge is 2.25. The fraction of sp³-hybridized carbons (Fsp3) is 0.412. The predicted molar refractivity (Wildman–Crippen MR) is 79.2 cm³/mol. The summed E-state index contributed by atoms with van der Waals surface area (Å²) < 4.78 is 11.5. The van der Waals surface area contributed by atoms with Crippen LogP contribution in [0.2, 0.25) is 0 Å². The van der Waals surface area contributed by atoms with Crippen molar-refractivity contribution in [1.82, 2.24) is 5.32 Å². The fourth-order valence-corrected chi connectivity index (χ4v) is 2.95. The van der Waals surface area contributed by atoms with Crippen molar-refractivity contribution in [2.24, 2.45) is 0 Å². The first-order chi connectivity index (χ1) is 9.85. The average Bonchev–Trinajstić information content (AvgIpc) is 3.12. The standard InChI is InChI=1S/C17H21NO2/c1-3-15-13(9-11-19-15)16(18-4-2)14-7-5-6-12-8-10-20-17(12)14/h5-7,9,11,16,18H,3-4,8,10H2,1-2H3. The Morgan fingerprint density at radius 1 is 1.20 bits per heavy atom. The lowest BCUT2D eigenvalue weighted by Crippen LogP contribution is -2.23. The predicted octanol–water partition coefficient (Wildman–Crippen LogP) is 3.48. The molecule has 0 spiro atoms. The van der Waals surface area contributed by atoms with E-state index >= 15 is 0 Å². The van der Waals surface area contributed by atoms with E-state index < -0.39 is 0 Å². The van der Waals surface area contributed by atoms with Crippen molar-refractivity contribution in [3.63, 3.8) is 0 Å². The molecule has 1 atom stereocenters. The number of hydrogen-bond acceptors (Lipinski definition) is 3. The Balaban J connectivity index is 2.06. The molecule has 0 bridgehead atoms. The summed E-state index contributed by atoms with van der Waals surface area (Å²) >= 11 is 0. The van der Waals surface area contributed by atoms with E-state index in [1.54, 1.807) is 6.26 Å². The summed E-state index contributed by atoms with van der Waals surface area (Å²) in [4.78, 5) is 0. The molecule has 20 heavy (non-hydrogen) atoms. The van der Waals surface area contributed by atoms with Gasteiger partial charge in [0, 0.05) is 24.0 Å². The van der Waals surface area contributed by atoms with Crippen LogP contribution in [0.5, 0.6) is 5.75 Å². The van der Waals surface area contributed by atoms with Crippen LogP contribution in [0.1, 0.15) is 42.3 Å². The van der Waals surface area contributed by atoms with E-state index in [4.69, 9.17) is 9.15 Å². The second-order valence-electron chi connectivity index (χ2n) is 5.08. The minimum atomic E-state index is 0.141. The van der Waals surface area contributed by atoms with Crippen molar-refractivity contribution in [2.75, 3.05) is 13.2 Å². The number of para-hydroxylation sites is 1. The number of aryl methyl sites for hydroxylation is 1. The number of rotatable bonds is 5. The Morgan fingerprint density at radius 2 is 2.10 bits per heavy atom. The molecule has 106 valence electrons. The third-order valence-corrected chi connectivity index (χ3v) is 3.88. The minimum Gasteiger partial charge on any atom is -0.493 e. The molecular formula is C17H21NO2. The number of furan rings is 1. The maximum absolute atomic E-state index is 5.86. The number of hydrogen-bond donors (Lipinski definition) is 1. The van der Waals surface area contributed by atoms with Crippen LogP contribution in [0.15, 0.2) is 34.9 Å². The van der Waals surface area contributed by atoms with E-state index in [0.29, 0.717) is 0 Å². The average molecular weight is 271 g/mol. The molecule has 0 fully saturated rings. The first-order valence-corrected chi connectivity index (χ1v) is 7.39. The highest BCUT2D eigenvalue weighted by atomic mass is 16.5. The van der Waals surface area contributed by atoms with E-state index in [-0.39, 0.29) is 6.04 Å². The van der Waals surface area contributed by atoms with Gasteiger partial charge < -0.3 is 14.5 Å². The SMILES string of the molecule is CCNC(c1ccoc1CC)c1cccc2c1OCC2. The molecule has 1 aliphatic heterocycles. The van der Waals surface area contributed by atoms with Gasteiger partial charge >= 0.3 is 0 Å². The summed E-state index contributed by atoms with van der Waals surface area (Å²) in [6.45, 7) is 5.94. The Kier molecular flexibility index (Phi) is 3.79. The van der Waals surface area contributed by atoms with Gasteiger partial charge in [0.2, 0.25) is 0 Å². The molecule has 0 saturated carbocycles. The lowest BCUT2D eigenvalue weighted by Gasteiger charge is -2.20. The topological polar surface area (TPSA) is 34.4 Å². The maximum atomic E-state index is 5.86. The summed E-state index contributed by atoms with van der Waals surface area (Å²) in [6.07, 6.45) is 3.69. The van der Waals surface area contributed by atoms with Gasteiger partial charge in [0.25, 0.3) is 0 Å². The van der Waals surface area contributed by atoms with Gasteiger partial charge in [0.15, 0.2) is 0 Å². The zero-order chi connectivity index (χ0) is 13.9. The van der Waals surface area contributed by atoms with E-state index in [1.165, 1.54) is 16.7 Å². The first kappa shape index (κ1) is 13.3. The molecule has 0 amide bonds. The first-order valence-electron chi connectivity index (χ1n) is 7.39. The lowest BCUT2D eigenvalue weighted by molar-refractivity contribution is 0.350. The molecule has 0 radical (unpaired) electrons. The van der Waals surface area contributed by atoms with Crippen LogP contribution in [0.25, 0.3) is 0 Å². The smallest absolute Gasteiger partial charge is 0.127 e. The third kappa shape index (κ3) is 2.22. The number of fused-ring (bicyclic) bond motifs is 1. The summed E-state index contributed by atoms with van der Waals surface area (Å²) in [6, 6.07) is 8.65. The van der Waals surface area contributed by atoms with Gasteiger partial charge in [-0.05, 0) is 18.2 Å². The molecule has 0 aliphatic carbocycles. The van der Waals surface area contributed by atoms with Gasteiger partial charge in [-0.15, -0.1) is 0 Å². The van der Waals surface area contributed by atoms with Crippen molar-refractivity contribution in [1.29, 1.82) is 0 Å². The molecule has 2 aromatic rings. The van der Waals surface area contributed by atoms with Crippen LogP contribution in [0.3, 0.4) is 0 Å². The second-order valence-corrected chi connectivity index (χ2v) is 5.08. The molecule has 1 aliphatic rings.